The minimum absolute atomic E-state index is 0.707. The van der Waals surface area contributed by atoms with Gasteiger partial charge in [-0.1, -0.05) is 13.8 Å². The number of rotatable bonds is 5. The fourth-order valence-electron chi connectivity index (χ4n) is 2.55. The summed E-state index contributed by atoms with van der Waals surface area (Å²) in [5.41, 5.74) is 2.42. The summed E-state index contributed by atoms with van der Waals surface area (Å²) in [6.45, 7) is 6.65. The Morgan fingerprint density at radius 1 is 1.41 bits per heavy atom. The molecule has 0 aliphatic carbocycles. The van der Waals surface area contributed by atoms with Crippen LogP contribution in [0.2, 0.25) is 0 Å². The van der Waals surface area contributed by atoms with E-state index in [9.17, 15) is 0 Å². The van der Waals surface area contributed by atoms with Crippen molar-refractivity contribution < 1.29 is 0 Å². The lowest BCUT2D eigenvalue weighted by Gasteiger charge is -2.26. The Balaban J connectivity index is 2.09. The van der Waals surface area contributed by atoms with Crippen LogP contribution < -0.4 is 10.2 Å². The van der Waals surface area contributed by atoms with Crippen LogP contribution in [0.5, 0.6) is 0 Å². The van der Waals surface area contributed by atoms with Crippen LogP contribution in [0.1, 0.15) is 39.5 Å². The summed E-state index contributed by atoms with van der Waals surface area (Å²) < 4.78 is 0. The second kappa shape index (κ2) is 5.89. The maximum atomic E-state index is 4.35. The highest BCUT2D eigenvalue weighted by Crippen LogP contribution is 2.28. The molecule has 0 spiro atoms. The van der Waals surface area contributed by atoms with Gasteiger partial charge in [-0.15, -0.1) is 0 Å². The van der Waals surface area contributed by atoms with E-state index in [1.54, 1.807) is 0 Å². The van der Waals surface area contributed by atoms with Crippen LogP contribution in [-0.4, -0.2) is 24.1 Å². The topological polar surface area (TPSA) is 28.2 Å². The zero-order valence-electron chi connectivity index (χ0n) is 10.9. The summed E-state index contributed by atoms with van der Waals surface area (Å²) in [5.74, 6) is 0. The quantitative estimate of drug-likeness (QED) is 0.846. The predicted octanol–water partition coefficient (Wildman–Crippen LogP) is 3.28. The molecule has 17 heavy (non-hydrogen) atoms. The summed E-state index contributed by atoms with van der Waals surface area (Å²) >= 11 is 0. The summed E-state index contributed by atoms with van der Waals surface area (Å²) in [5, 5.41) is 3.40. The minimum Gasteiger partial charge on any atom is -0.384 e. The highest BCUT2D eigenvalue weighted by molar-refractivity contribution is 5.56. The van der Waals surface area contributed by atoms with Crippen LogP contribution in [0.3, 0.4) is 0 Å². The summed E-state index contributed by atoms with van der Waals surface area (Å²) in [7, 11) is 0. The van der Waals surface area contributed by atoms with Gasteiger partial charge in [-0.25, -0.2) is 0 Å². The van der Waals surface area contributed by atoms with Gasteiger partial charge >= 0.3 is 0 Å². The van der Waals surface area contributed by atoms with Crippen LogP contribution in [0.25, 0.3) is 0 Å². The minimum atomic E-state index is 0.707. The number of hydrogen-bond donors (Lipinski definition) is 1. The number of hydrogen-bond acceptors (Lipinski definition) is 3. The highest BCUT2D eigenvalue weighted by Gasteiger charge is 2.23. The lowest BCUT2D eigenvalue weighted by Crippen LogP contribution is -2.28. The van der Waals surface area contributed by atoms with E-state index in [0.29, 0.717) is 6.04 Å². The van der Waals surface area contributed by atoms with Gasteiger partial charge in [0.25, 0.3) is 0 Å². The van der Waals surface area contributed by atoms with Crippen molar-refractivity contribution in [2.24, 2.45) is 0 Å². The average Bonchev–Trinajstić information content (AvgIpc) is 2.85. The van der Waals surface area contributed by atoms with Crippen molar-refractivity contribution in [2.45, 2.75) is 45.6 Å². The monoisotopic (exact) mass is 233 g/mol. The molecule has 3 heteroatoms. The lowest BCUT2D eigenvalue weighted by atomic mass is 10.1. The number of nitrogens with zero attached hydrogens (tertiary/aromatic N) is 2. The van der Waals surface area contributed by atoms with Gasteiger partial charge in [-0.05, 0) is 31.7 Å². The smallest absolute Gasteiger partial charge is 0.0575 e. The fourth-order valence-corrected chi connectivity index (χ4v) is 2.55. The van der Waals surface area contributed by atoms with Crippen molar-refractivity contribution in [1.29, 1.82) is 0 Å². The van der Waals surface area contributed by atoms with Crippen LogP contribution in [0.15, 0.2) is 18.5 Å². The summed E-state index contributed by atoms with van der Waals surface area (Å²) in [6.07, 6.45) is 8.91. The van der Waals surface area contributed by atoms with E-state index >= 15 is 0 Å². The van der Waals surface area contributed by atoms with Crippen LogP contribution in [-0.2, 0) is 0 Å². The molecule has 1 unspecified atom stereocenters. The van der Waals surface area contributed by atoms with Gasteiger partial charge < -0.3 is 10.2 Å². The van der Waals surface area contributed by atoms with Crippen LogP contribution in [0.4, 0.5) is 11.4 Å². The molecule has 1 aromatic heterocycles. The first kappa shape index (κ1) is 12.2. The molecule has 2 heterocycles. The van der Waals surface area contributed by atoms with E-state index in [4.69, 9.17) is 0 Å². The first-order valence-electron chi connectivity index (χ1n) is 6.80. The van der Waals surface area contributed by atoms with Gasteiger partial charge in [-0.2, -0.15) is 0 Å². The van der Waals surface area contributed by atoms with Gasteiger partial charge in [-0.3, -0.25) is 4.98 Å². The molecule has 1 aliphatic heterocycles. The normalized spacial score (nSPS) is 19.6. The van der Waals surface area contributed by atoms with E-state index in [1.807, 2.05) is 12.4 Å². The van der Waals surface area contributed by atoms with Crippen molar-refractivity contribution in [3.8, 4) is 0 Å². The molecule has 1 aromatic rings. The largest absolute Gasteiger partial charge is 0.384 e. The molecule has 0 amide bonds. The molecule has 1 fully saturated rings. The number of aromatic nitrogens is 1. The Hall–Kier alpha value is -1.25. The van der Waals surface area contributed by atoms with E-state index in [-0.39, 0.29) is 0 Å². The van der Waals surface area contributed by atoms with Crippen LogP contribution in [0, 0.1) is 0 Å². The SMILES string of the molecule is CCCNc1cncc(N2CCCC2CC)c1. The van der Waals surface area contributed by atoms with Gasteiger partial charge in [0.05, 0.1) is 23.8 Å². The zero-order chi connectivity index (χ0) is 12.1. The molecule has 0 saturated carbocycles. The Morgan fingerprint density at radius 2 is 2.29 bits per heavy atom. The van der Waals surface area contributed by atoms with Crippen molar-refractivity contribution in [3.05, 3.63) is 18.5 Å². The Labute approximate surface area is 104 Å². The van der Waals surface area contributed by atoms with E-state index in [2.05, 4.69) is 35.1 Å². The molecule has 94 valence electrons. The Bertz CT molecular complexity index is 351. The van der Waals surface area contributed by atoms with Gasteiger partial charge in [0.15, 0.2) is 0 Å². The third kappa shape index (κ3) is 2.90. The molecule has 0 radical (unpaired) electrons. The average molecular weight is 233 g/mol. The van der Waals surface area contributed by atoms with Crippen LogP contribution >= 0.6 is 0 Å². The van der Waals surface area contributed by atoms with Gasteiger partial charge in [0, 0.05) is 19.1 Å². The molecule has 0 aromatic carbocycles. The van der Waals surface area contributed by atoms with E-state index in [0.717, 1.165) is 18.7 Å². The van der Waals surface area contributed by atoms with Crippen molar-refractivity contribution in [2.75, 3.05) is 23.3 Å². The second-order valence-corrected chi connectivity index (χ2v) is 4.76. The maximum absolute atomic E-state index is 4.35. The summed E-state index contributed by atoms with van der Waals surface area (Å²) in [6, 6.07) is 2.94. The molecule has 1 atom stereocenters. The maximum Gasteiger partial charge on any atom is 0.0575 e. The predicted molar refractivity (Wildman–Crippen MR) is 73.7 cm³/mol. The molecule has 0 bridgehead atoms. The van der Waals surface area contributed by atoms with E-state index in [1.165, 1.54) is 31.5 Å². The standard InChI is InChI=1S/C14H23N3/c1-3-7-16-12-9-14(11-15-10-12)17-8-5-6-13(17)4-2/h9-11,13,16H,3-8H2,1-2H3. The Morgan fingerprint density at radius 3 is 3.06 bits per heavy atom. The molecular weight excluding hydrogens is 210 g/mol. The van der Waals surface area contributed by atoms with Gasteiger partial charge in [0.2, 0.25) is 0 Å². The van der Waals surface area contributed by atoms with Crippen molar-refractivity contribution in [3.63, 3.8) is 0 Å². The van der Waals surface area contributed by atoms with Crippen molar-refractivity contribution in [1.82, 2.24) is 4.98 Å². The fraction of sp³-hybridized carbons (Fsp3) is 0.643. The lowest BCUT2D eigenvalue weighted by molar-refractivity contribution is 0.645. The molecule has 1 aliphatic rings. The van der Waals surface area contributed by atoms with Crippen molar-refractivity contribution >= 4 is 11.4 Å². The van der Waals surface area contributed by atoms with E-state index < -0.39 is 0 Å². The molecule has 1 saturated heterocycles. The van der Waals surface area contributed by atoms with Gasteiger partial charge in [0.1, 0.15) is 0 Å². The molecule has 3 nitrogen and oxygen atoms in total. The number of pyridine rings is 1. The number of anilines is 2. The number of nitrogens with one attached hydrogen (secondary N) is 1. The Kier molecular flexibility index (Phi) is 4.24. The highest BCUT2D eigenvalue weighted by atomic mass is 15.2. The summed E-state index contributed by atoms with van der Waals surface area (Å²) in [4.78, 5) is 6.85. The molecule has 2 rings (SSSR count). The second-order valence-electron chi connectivity index (χ2n) is 4.76. The molecular formula is C14H23N3. The first-order chi connectivity index (χ1) is 8.35. The zero-order valence-corrected chi connectivity index (χ0v) is 10.9. The molecule has 1 N–H and O–H groups in total. The third-order valence-electron chi connectivity index (χ3n) is 3.48. The first-order valence-corrected chi connectivity index (χ1v) is 6.80. The third-order valence-corrected chi connectivity index (χ3v) is 3.48.